The van der Waals surface area contributed by atoms with E-state index >= 15 is 0 Å². The van der Waals surface area contributed by atoms with Crippen molar-refractivity contribution in [3.05, 3.63) is 76.9 Å². The number of nitrogens with one attached hydrogen (secondary N) is 3. The molecule has 7 heteroatoms. The number of rotatable bonds is 9. The summed E-state index contributed by atoms with van der Waals surface area (Å²) in [5, 5.41) is 8.47. The van der Waals surface area contributed by atoms with Gasteiger partial charge in [-0.1, -0.05) is 36.1 Å². The fraction of sp³-hybridized carbons (Fsp3) is 0.296. The Morgan fingerprint density at radius 3 is 2.41 bits per heavy atom. The lowest BCUT2D eigenvalue weighted by atomic mass is 10.1. The summed E-state index contributed by atoms with van der Waals surface area (Å²) in [5.41, 5.74) is 3.52. The van der Waals surface area contributed by atoms with E-state index in [-0.39, 0.29) is 12.5 Å². The van der Waals surface area contributed by atoms with Crippen LogP contribution in [0.25, 0.3) is 6.08 Å². The predicted octanol–water partition coefficient (Wildman–Crippen LogP) is 2.27. The predicted molar refractivity (Wildman–Crippen MR) is 131 cm³/mol. The Morgan fingerprint density at radius 2 is 1.79 bits per heavy atom. The second kappa shape index (κ2) is 12.4. The average molecular weight is 460 g/mol. The van der Waals surface area contributed by atoms with Crippen LogP contribution >= 0.6 is 0 Å². The van der Waals surface area contributed by atoms with Crippen molar-refractivity contribution in [1.82, 2.24) is 16.0 Å². The molecule has 3 N–H and O–H groups in total. The molecule has 34 heavy (non-hydrogen) atoms. The number of methoxy groups -OCH3 is 1. The number of carbonyl (C=O) groups excluding carboxylic acids is 3. The maximum Gasteiger partial charge on any atom is 0.320 e. The summed E-state index contributed by atoms with van der Waals surface area (Å²) in [6.45, 7) is 0.743. The van der Waals surface area contributed by atoms with E-state index in [4.69, 9.17) is 0 Å². The molecule has 0 saturated heterocycles. The molecule has 1 saturated carbocycles. The van der Waals surface area contributed by atoms with Crippen LogP contribution in [0.15, 0.2) is 54.6 Å². The molecule has 1 atom stereocenters. The zero-order valence-corrected chi connectivity index (χ0v) is 19.4. The van der Waals surface area contributed by atoms with Crippen molar-refractivity contribution < 1.29 is 19.1 Å². The monoisotopic (exact) mass is 459 g/mol. The molecule has 1 aliphatic carbocycles. The first-order valence-electron chi connectivity index (χ1n) is 11.2. The molecule has 1 fully saturated rings. The van der Waals surface area contributed by atoms with Gasteiger partial charge in [-0.2, -0.15) is 0 Å². The highest BCUT2D eigenvalue weighted by Crippen LogP contribution is 2.19. The number of hydrogen-bond donors (Lipinski definition) is 3. The first-order chi connectivity index (χ1) is 16.5. The van der Waals surface area contributed by atoms with Crippen LogP contribution in [0.4, 0.5) is 0 Å². The number of carbonyl (C=O) groups is 3. The summed E-state index contributed by atoms with van der Waals surface area (Å²) in [6, 6.07) is 15.9. The topological polar surface area (TPSA) is 96.5 Å². The fourth-order valence-corrected chi connectivity index (χ4v) is 3.16. The third-order valence-electron chi connectivity index (χ3n) is 5.39. The number of amides is 2. The lowest BCUT2D eigenvalue weighted by molar-refractivity contribution is -0.149. The third-order valence-corrected chi connectivity index (χ3v) is 5.39. The van der Waals surface area contributed by atoms with E-state index in [1.54, 1.807) is 30.3 Å². The molecule has 0 bridgehead atoms. The van der Waals surface area contributed by atoms with Gasteiger partial charge in [0.2, 0.25) is 5.91 Å². The van der Waals surface area contributed by atoms with Crippen molar-refractivity contribution in [2.24, 2.45) is 5.92 Å². The van der Waals surface area contributed by atoms with Crippen molar-refractivity contribution in [3.63, 3.8) is 0 Å². The number of esters is 1. The minimum Gasteiger partial charge on any atom is -0.468 e. The van der Waals surface area contributed by atoms with Gasteiger partial charge in [0.1, 0.15) is 0 Å². The molecule has 0 spiro atoms. The first-order valence-corrected chi connectivity index (χ1v) is 11.2. The maximum atomic E-state index is 12.4. The zero-order valence-electron chi connectivity index (χ0n) is 19.4. The SMILES string of the molecule is CNC(=O)C(CNC(=O)c1ccc(/C=C/C#Cc2ccc(CNC3CC3)cc2)cc1)C(=O)OC. The third kappa shape index (κ3) is 7.61. The molecular weight excluding hydrogens is 430 g/mol. The Kier molecular flexibility index (Phi) is 9.01. The highest BCUT2D eigenvalue weighted by atomic mass is 16.5. The minimum atomic E-state index is -1.10. The van der Waals surface area contributed by atoms with Gasteiger partial charge in [0, 0.05) is 37.3 Å². The molecule has 1 unspecified atom stereocenters. The molecule has 1 aliphatic rings. The molecule has 2 aromatic rings. The van der Waals surface area contributed by atoms with E-state index < -0.39 is 17.8 Å². The van der Waals surface area contributed by atoms with Crippen LogP contribution < -0.4 is 16.0 Å². The van der Waals surface area contributed by atoms with Gasteiger partial charge in [-0.05, 0) is 60.4 Å². The summed E-state index contributed by atoms with van der Waals surface area (Å²) in [5.74, 6) is 3.43. The highest BCUT2D eigenvalue weighted by Gasteiger charge is 2.27. The lowest BCUT2D eigenvalue weighted by Gasteiger charge is -2.14. The molecule has 176 valence electrons. The van der Waals surface area contributed by atoms with Crippen LogP contribution in [-0.4, -0.2) is 44.5 Å². The smallest absolute Gasteiger partial charge is 0.320 e. The normalized spacial score (nSPS) is 13.5. The van der Waals surface area contributed by atoms with Crippen LogP contribution in [0.5, 0.6) is 0 Å². The minimum absolute atomic E-state index is 0.152. The number of benzene rings is 2. The van der Waals surface area contributed by atoms with E-state index in [1.165, 1.54) is 32.6 Å². The van der Waals surface area contributed by atoms with Crippen LogP contribution in [0, 0.1) is 17.8 Å². The van der Waals surface area contributed by atoms with Crippen molar-refractivity contribution in [2.45, 2.75) is 25.4 Å². The Balaban J connectivity index is 1.49. The molecule has 0 aliphatic heterocycles. The summed E-state index contributed by atoms with van der Waals surface area (Å²) in [6.07, 6.45) is 6.19. The van der Waals surface area contributed by atoms with E-state index in [0.717, 1.165) is 17.7 Å². The van der Waals surface area contributed by atoms with Crippen molar-refractivity contribution in [1.29, 1.82) is 0 Å². The zero-order chi connectivity index (χ0) is 24.3. The quantitative estimate of drug-likeness (QED) is 0.304. The molecule has 3 rings (SSSR count). The van der Waals surface area contributed by atoms with Gasteiger partial charge in [0.25, 0.3) is 5.91 Å². The standard InChI is InChI=1S/C27H29N3O4/c1-28-26(32)24(27(33)34-2)18-30-25(31)22-13-11-20(12-14-22)6-4-3-5-19-7-9-21(10-8-19)17-29-23-15-16-23/h4,6-14,23-24,29H,15-18H2,1-2H3,(H,28,32)(H,30,31)/b6-4+. The molecular formula is C27H29N3O4. The first kappa shape index (κ1) is 24.7. The molecule has 0 radical (unpaired) electrons. The summed E-state index contributed by atoms with van der Waals surface area (Å²) >= 11 is 0. The highest BCUT2D eigenvalue weighted by molar-refractivity contribution is 5.99. The van der Waals surface area contributed by atoms with Crippen LogP contribution in [0.1, 0.15) is 39.9 Å². The Hall–Kier alpha value is -3.89. The number of hydrogen-bond acceptors (Lipinski definition) is 5. The Bertz CT molecular complexity index is 1080. The average Bonchev–Trinajstić information content (AvgIpc) is 3.70. The molecule has 2 aromatic carbocycles. The van der Waals surface area contributed by atoms with Gasteiger partial charge >= 0.3 is 5.97 Å². The lowest BCUT2D eigenvalue weighted by Crippen LogP contribution is -2.42. The molecule has 0 heterocycles. The van der Waals surface area contributed by atoms with Gasteiger partial charge in [0.05, 0.1) is 7.11 Å². The van der Waals surface area contributed by atoms with Gasteiger partial charge < -0.3 is 20.7 Å². The second-order valence-corrected chi connectivity index (χ2v) is 7.98. The van der Waals surface area contributed by atoms with E-state index in [2.05, 4.69) is 44.7 Å². The fourth-order valence-electron chi connectivity index (χ4n) is 3.16. The van der Waals surface area contributed by atoms with Crippen molar-refractivity contribution >= 4 is 23.9 Å². The largest absolute Gasteiger partial charge is 0.468 e. The molecule has 0 aromatic heterocycles. The van der Waals surface area contributed by atoms with E-state index in [0.29, 0.717) is 11.6 Å². The van der Waals surface area contributed by atoms with Crippen LogP contribution in [-0.2, 0) is 20.9 Å². The summed E-state index contributed by atoms with van der Waals surface area (Å²) in [4.78, 5) is 35.9. The Labute approximate surface area is 200 Å². The van der Waals surface area contributed by atoms with Crippen LogP contribution in [0.3, 0.4) is 0 Å². The maximum absolute atomic E-state index is 12.4. The summed E-state index contributed by atoms with van der Waals surface area (Å²) < 4.78 is 4.62. The van der Waals surface area contributed by atoms with Crippen LogP contribution in [0.2, 0.25) is 0 Å². The number of allylic oxidation sites excluding steroid dienone is 1. The molecule has 2 amide bonds. The van der Waals surface area contributed by atoms with Gasteiger partial charge in [0.15, 0.2) is 5.92 Å². The summed E-state index contributed by atoms with van der Waals surface area (Å²) in [7, 11) is 2.61. The van der Waals surface area contributed by atoms with Crippen molar-refractivity contribution in [3.8, 4) is 11.8 Å². The number of ether oxygens (including phenoxy) is 1. The van der Waals surface area contributed by atoms with E-state index in [1.807, 2.05) is 18.2 Å². The van der Waals surface area contributed by atoms with E-state index in [9.17, 15) is 14.4 Å². The molecule has 7 nitrogen and oxygen atoms in total. The van der Waals surface area contributed by atoms with Gasteiger partial charge in [-0.15, -0.1) is 0 Å². The van der Waals surface area contributed by atoms with Crippen molar-refractivity contribution in [2.75, 3.05) is 20.7 Å². The van der Waals surface area contributed by atoms with Gasteiger partial charge in [-0.25, -0.2) is 0 Å². The van der Waals surface area contributed by atoms with Gasteiger partial charge in [-0.3, -0.25) is 14.4 Å². The Morgan fingerprint density at radius 1 is 1.09 bits per heavy atom. The second-order valence-electron chi connectivity index (χ2n) is 7.98.